The van der Waals surface area contributed by atoms with Crippen LogP contribution in [0.25, 0.3) is 0 Å². The van der Waals surface area contributed by atoms with Crippen LogP contribution in [0, 0.1) is 0 Å². The Balaban J connectivity index is -0.000000508. The summed E-state index contributed by atoms with van der Waals surface area (Å²) in [6.07, 6.45) is 67.7. The van der Waals surface area contributed by atoms with E-state index in [0.29, 0.717) is 19.6 Å². The van der Waals surface area contributed by atoms with Gasteiger partial charge < -0.3 is 30.0 Å². The van der Waals surface area contributed by atoms with E-state index in [2.05, 4.69) is 35.5 Å². The molecule has 0 heterocycles. The maximum absolute atomic E-state index is 10.5. The van der Waals surface area contributed by atoms with Gasteiger partial charge in [-0.25, -0.2) is 0 Å². The summed E-state index contributed by atoms with van der Waals surface area (Å²) in [5.74, 6) is -2.09. The molecule has 0 fully saturated rings. The molecule has 0 aliphatic rings. The number of carboxylic acids is 3. The van der Waals surface area contributed by atoms with E-state index < -0.39 is 17.9 Å². The third kappa shape index (κ3) is 81.7. The molecule has 0 atom stereocenters. The molecule has 0 saturated heterocycles. The zero-order valence-electron chi connectivity index (χ0n) is 52.1. The van der Waals surface area contributed by atoms with Gasteiger partial charge in [0, 0.05) is 37.0 Å². The van der Waals surface area contributed by atoms with Crippen LogP contribution in [0.15, 0.2) is 0 Å². The quantitative estimate of drug-likeness (QED) is 0.0511. The van der Waals surface area contributed by atoms with Crippen molar-refractivity contribution in [2.75, 3.05) is 60.4 Å². The van der Waals surface area contributed by atoms with Gasteiger partial charge in [0.15, 0.2) is 0 Å². The zero-order valence-corrected chi connectivity index (χ0v) is 53.4. The molecule has 3 N–H and O–H groups in total. The third-order valence-corrected chi connectivity index (χ3v) is 15.3. The number of carboxylic acid groups (broad SMARTS) is 3. The van der Waals surface area contributed by atoms with Crippen molar-refractivity contribution < 1.29 is 47.1 Å². The van der Waals surface area contributed by atoms with E-state index in [9.17, 15) is 14.4 Å². The Bertz CT molecular complexity index is 984. The molecule has 10 heteroatoms. The van der Waals surface area contributed by atoms with Crippen molar-refractivity contribution in [2.24, 2.45) is 0 Å². The maximum atomic E-state index is 10.5. The largest absolute Gasteiger partial charge is 0.481 e. The van der Waals surface area contributed by atoms with Crippen molar-refractivity contribution in [2.45, 2.75) is 348 Å². The summed E-state index contributed by atoms with van der Waals surface area (Å²) >= 11 is 0. The van der Waals surface area contributed by atoms with Gasteiger partial charge in [-0.3, -0.25) is 14.4 Å². The molecule has 76 heavy (non-hydrogen) atoms. The van der Waals surface area contributed by atoms with Gasteiger partial charge >= 0.3 is 17.9 Å². The second-order valence-corrected chi connectivity index (χ2v) is 23.3. The number of hydrogen-bond donors (Lipinski definition) is 3. The molecule has 0 unspecified atom stereocenters. The predicted octanol–water partition coefficient (Wildman–Crippen LogP) is 20.0. The molecule has 0 bridgehead atoms. The van der Waals surface area contributed by atoms with E-state index in [-0.39, 0.29) is 36.6 Å². The molecular weight excluding hydrogens is 983 g/mol. The average Bonchev–Trinajstić information content (AvgIpc) is 3.39. The van der Waals surface area contributed by atoms with Gasteiger partial charge in [-0.15, -0.1) is 0 Å². The maximum Gasteiger partial charge on any atom is 0.304 e. The Morgan fingerprint density at radius 2 is 0.342 bits per heavy atom. The second-order valence-electron chi connectivity index (χ2n) is 23.3. The van der Waals surface area contributed by atoms with Crippen molar-refractivity contribution >= 4 is 17.9 Å². The van der Waals surface area contributed by atoms with Gasteiger partial charge in [-0.2, -0.15) is 0 Å². The third-order valence-electron chi connectivity index (χ3n) is 15.3. The summed E-state index contributed by atoms with van der Waals surface area (Å²) < 4.78 is 0. The summed E-state index contributed by atoms with van der Waals surface area (Å²) in [4.78, 5) is 37.9. The molecule has 9 nitrogen and oxygen atoms in total. The molecule has 0 spiro atoms. The van der Waals surface area contributed by atoms with Gasteiger partial charge in [0.1, 0.15) is 0 Å². The van der Waals surface area contributed by atoms with E-state index in [1.807, 2.05) is 21.1 Å². The zero-order chi connectivity index (χ0) is 55.8. The monoisotopic (exact) mass is 1120 g/mol. The summed E-state index contributed by atoms with van der Waals surface area (Å²) in [5, 5.41) is 25.9. The van der Waals surface area contributed by atoms with Crippen LogP contribution in [-0.2, 0) is 31.7 Å². The molecule has 0 aliphatic heterocycles. The Labute approximate surface area is 485 Å². The number of hydrogen-bond acceptors (Lipinski definition) is 6. The number of carbonyl (C=O) groups is 3. The standard InChI is InChI=1S/3C22H45NO2.Cr/c3*1-3-4-5-6-7-8-9-10-11-12-13-14-15-16-17-18-20-23(2)21-19-22(24)25;/h3*3-21H2,1-2H3,(H,24,25);. The van der Waals surface area contributed by atoms with Crippen LogP contribution in [0.2, 0.25) is 0 Å². The van der Waals surface area contributed by atoms with Gasteiger partial charge in [0.2, 0.25) is 0 Å². The molecule has 0 aromatic heterocycles. The Hall–Kier alpha value is -1.18. The minimum Gasteiger partial charge on any atom is -0.481 e. The molecule has 0 aromatic carbocycles. The minimum absolute atomic E-state index is 0. The van der Waals surface area contributed by atoms with E-state index in [1.165, 1.54) is 308 Å². The first-order valence-electron chi connectivity index (χ1n) is 33.2. The summed E-state index contributed by atoms with van der Waals surface area (Å²) in [5.41, 5.74) is 0. The first kappa shape index (κ1) is 81.3. The fourth-order valence-corrected chi connectivity index (χ4v) is 9.98. The second kappa shape index (κ2) is 71.8. The molecule has 0 aliphatic carbocycles. The van der Waals surface area contributed by atoms with Gasteiger partial charge in [0.05, 0.1) is 19.3 Å². The summed E-state index contributed by atoms with van der Waals surface area (Å²) in [7, 11) is 6.07. The van der Waals surface area contributed by atoms with Gasteiger partial charge in [-0.05, 0) is 60.0 Å². The Kier molecular flexibility index (Phi) is 76.8. The number of unbranched alkanes of at least 4 members (excludes halogenated alkanes) is 45. The normalized spacial score (nSPS) is 11.2. The van der Waals surface area contributed by atoms with Gasteiger partial charge in [-0.1, -0.05) is 310 Å². The molecule has 0 radical (unpaired) electrons. The summed E-state index contributed by atoms with van der Waals surface area (Å²) in [6.45, 7) is 12.0. The smallest absolute Gasteiger partial charge is 0.304 e. The van der Waals surface area contributed by atoms with Crippen molar-refractivity contribution in [1.29, 1.82) is 0 Å². The van der Waals surface area contributed by atoms with Gasteiger partial charge in [0.25, 0.3) is 0 Å². The molecule has 456 valence electrons. The first-order valence-corrected chi connectivity index (χ1v) is 33.2. The van der Waals surface area contributed by atoms with Crippen LogP contribution in [-0.4, -0.2) is 108 Å². The molecule has 0 rings (SSSR count). The fraction of sp³-hybridized carbons (Fsp3) is 0.955. The van der Waals surface area contributed by atoms with Crippen LogP contribution >= 0.6 is 0 Å². The van der Waals surface area contributed by atoms with E-state index in [0.717, 1.165) is 19.6 Å². The minimum atomic E-state index is -0.696. The van der Waals surface area contributed by atoms with Crippen LogP contribution in [0.3, 0.4) is 0 Å². The summed E-state index contributed by atoms with van der Waals surface area (Å²) in [6, 6.07) is 0. The predicted molar refractivity (Wildman–Crippen MR) is 328 cm³/mol. The first-order chi connectivity index (χ1) is 36.5. The molecule has 0 saturated carbocycles. The van der Waals surface area contributed by atoms with Crippen LogP contribution in [0.5, 0.6) is 0 Å². The van der Waals surface area contributed by atoms with Crippen LogP contribution in [0.1, 0.15) is 348 Å². The van der Waals surface area contributed by atoms with E-state index in [4.69, 9.17) is 15.3 Å². The molecule has 0 aromatic rings. The number of nitrogens with zero attached hydrogens (tertiary/aromatic N) is 3. The number of aliphatic carboxylic acids is 3. The Morgan fingerprint density at radius 1 is 0.224 bits per heavy atom. The Morgan fingerprint density at radius 3 is 0.461 bits per heavy atom. The molecular formula is C66H135CrN3O6. The fourth-order valence-electron chi connectivity index (χ4n) is 9.98. The van der Waals surface area contributed by atoms with Crippen molar-refractivity contribution in [3.05, 3.63) is 0 Å². The van der Waals surface area contributed by atoms with Crippen molar-refractivity contribution in [3.8, 4) is 0 Å². The molecule has 0 amide bonds. The van der Waals surface area contributed by atoms with Crippen LogP contribution < -0.4 is 0 Å². The van der Waals surface area contributed by atoms with E-state index >= 15 is 0 Å². The SMILES string of the molecule is CCCCCCCCCCCCCCCCCCN(C)CCC(=O)O.CCCCCCCCCCCCCCCCCCN(C)CCC(=O)O.CCCCCCCCCCCCCCCCCCN(C)CCC(=O)O.[Cr]. The average molecular weight is 1120 g/mol. The van der Waals surface area contributed by atoms with E-state index in [1.54, 1.807) is 0 Å². The topological polar surface area (TPSA) is 122 Å². The number of rotatable bonds is 60. The van der Waals surface area contributed by atoms with Crippen LogP contribution in [0.4, 0.5) is 0 Å². The van der Waals surface area contributed by atoms with Crippen molar-refractivity contribution in [3.63, 3.8) is 0 Å². The van der Waals surface area contributed by atoms with Crippen molar-refractivity contribution in [1.82, 2.24) is 14.7 Å².